The second-order valence-electron chi connectivity index (χ2n) is 5.67. The maximum Gasteiger partial charge on any atom is 0.501 e. The summed E-state index contributed by atoms with van der Waals surface area (Å²) in [6, 6.07) is 8.37. The molecule has 0 aliphatic rings. The van der Waals surface area contributed by atoms with Crippen molar-refractivity contribution in [1.29, 1.82) is 0 Å². The number of nitrogens with one attached hydrogen (secondary N) is 2. The molecule has 11 heteroatoms. The highest BCUT2D eigenvalue weighted by atomic mass is 79.9. The Balaban J connectivity index is 1.97. The van der Waals surface area contributed by atoms with Crippen LogP contribution in [0.25, 0.3) is 0 Å². The van der Waals surface area contributed by atoms with Gasteiger partial charge < -0.3 is 10.6 Å². The molecule has 0 spiro atoms. The third kappa shape index (κ3) is 5.10. The summed E-state index contributed by atoms with van der Waals surface area (Å²) in [5, 5.41) is 4.89. The van der Waals surface area contributed by atoms with E-state index >= 15 is 0 Å². The van der Waals surface area contributed by atoms with Crippen molar-refractivity contribution in [2.75, 3.05) is 11.9 Å². The molecule has 0 unspecified atom stereocenters. The SMILES string of the molecule is Cc1cc(NC(=O)CNC(=O)c2ccc(S(=O)(=O)C(F)(F)F)cc2)ccc1Br. The molecule has 2 amide bonds. The monoisotopic (exact) mass is 478 g/mol. The van der Waals surface area contributed by atoms with Crippen molar-refractivity contribution in [2.45, 2.75) is 17.3 Å². The van der Waals surface area contributed by atoms with Crippen molar-refractivity contribution in [3.8, 4) is 0 Å². The molecule has 0 saturated carbocycles. The number of amides is 2. The first-order valence-electron chi connectivity index (χ1n) is 7.67. The molecule has 0 radical (unpaired) electrons. The van der Waals surface area contributed by atoms with E-state index in [1.807, 2.05) is 6.92 Å². The zero-order valence-electron chi connectivity index (χ0n) is 14.3. The van der Waals surface area contributed by atoms with Crippen LogP contribution in [0.2, 0.25) is 0 Å². The van der Waals surface area contributed by atoms with Crippen molar-refractivity contribution in [1.82, 2.24) is 5.32 Å². The predicted molar refractivity (Wildman–Crippen MR) is 99.5 cm³/mol. The van der Waals surface area contributed by atoms with Crippen molar-refractivity contribution >= 4 is 43.3 Å². The first-order valence-corrected chi connectivity index (χ1v) is 9.95. The first-order chi connectivity index (χ1) is 12.9. The Morgan fingerprint density at radius 2 is 1.68 bits per heavy atom. The minimum absolute atomic E-state index is 0.0894. The van der Waals surface area contributed by atoms with Crippen LogP contribution in [-0.2, 0) is 14.6 Å². The number of aryl methyl sites for hydroxylation is 1. The van der Waals surface area contributed by atoms with Gasteiger partial charge in [-0.05, 0) is 55.0 Å². The van der Waals surface area contributed by atoms with E-state index in [9.17, 15) is 31.2 Å². The van der Waals surface area contributed by atoms with Crippen LogP contribution in [0.3, 0.4) is 0 Å². The molecule has 2 aromatic carbocycles. The summed E-state index contributed by atoms with van der Waals surface area (Å²) in [4.78, 5) is 22.9. The number of anilines is 1. The molecule has 0 aliphatic heterocycles. The highest BCUT2D eigenvalue weighted by Crippen LogP contribution is 2.30. The van der Waals surface area contributed by atoms with Crippen LogP contribution in [0.5, 0.6) is 0 Å². The lowest BCUT2D eigenvalue weighted by molar-refractivity contribution is -0.115. The molecule has 0 atom stereocenters. The summed E-state index contributed by atoms with van der Waals surface area (Å²) in [5.74, 6) is -1.25. The zero-order valence-corrected chi connectivity index (χ0v) is 16.7. The van der Waals surface area contributed by atoms with E-state index in [0.29, 0.717) is 17.8 Å². The van der Waals surface area contributed by atoms with E-state index < -0.39 is 32.1 Å². The number of sulfone groups is 1. The largest absolute Gasteiger partial charge is 0.501 e. The lowest BCUT2D eigenvalue weighted by Gasteiger charge is -2.10. The highest BCUT2D eigenvalue weighted by Gasteiger charge is 2.46. The van der Waals surface area contributed by atoms with Crippen molar-refractivity contribution in [2.24, 2.45) is 0 Å². The highest BCUT2D eigenvalue weighted by molar-refractivity contribution is 9.10. The van der Waals surface area contributed by atoms with Gasteiger partial charge in [-0.25, -0.2) is 8.42 Å². The quantitative estimate of drug-likeness (QED) is 0.688. The normalized spacial score (nSPS) is 11.8. The van der Waals surface area contributed by atoms with Crippen molar-refractivity contribution in [3.63, 3.8) is 0 Å². The van der Waals surface area contributed by atoms with E-state index in [1.54, 1.807) is 18.2 Å². The summed E-state index contributed by atoms with van der Waals surface area (Å²) in [6.07, 6.45) is 0. The van der Waals surface area contributed by atoms with Gasteiger partial charge in [-0.1, -0.05) is 15.9 Å². The van der Waals surface area contributed by atoms with Crippen LogP contribution in [0, 0.1) is 6.92 Å². The minimum Gasteiger partial charge on any atom is -0.343 e. The molecule has 150 valence electrons. The summed E-state index contributed by atoms with van der Waals surface area (Å²) >= 11 is 3.33. The molecule has 0 heterocycles. The summed E-state index contributed by atoms with van der Waals surface area (Å²) in [6.45, 7) is 1.46. The summed E-state index contributed by atoms with van der Waals surface area (Å²) in [7, 11) is -5.49. The van der Waals surface area contributed by atoms with E-state index in [2.05, 4.69) is 26.6 Å². The van der Waals surface area contributed by atoms with Gasteiger partial charge in [0.2, 0.25) is 5.91 Å². The Morgan fingerprint density at radius 3 is 2.21 bits per heavy atom. The number of benzene rings is 2. The van der Waals surface area contributed by atoms with Gasteiger partial charge in [-0.3, -0.25) is 9.59 Å². The second kappa shape index (κ2) is 8.31. The van der Waals surface area contributed by atoms with Gasteiger partial charge in [0.1, 0.15) is 0 Å². The van der Waals surface area contributed by atoms with Crippen LogP contribution in [0.4, 0.5) is 18.9 Å². The summed E-state index contributed by atoms with van der Waals surface area (Å²) in [5.41, 5.74) is -4.09. The van der Waals surface area contributed by atoms with Gasteiger partial charge in [0, 0.05) is 15.7 Å². The number of halogens is 4. The number of hydrogen-bond acceptors (Lipinski definition) is 4. The molecular formula is C17H14BrF3N2O4S. The van der Waals surface area contributed by atoms with E-state index in [4.69, 9.17) is 0 Å². The average molecular weight is 479 g/mol. The van der Waals surface area contributed by atoms with Gasteiger partial charge in [0.25, 0.3) is 15.7 Å². The summed E-state index contributed by atoms with van der Waals surface area (Å²) < 4.78 is 60.9. The molecule has 0 aliphatic carbocycles. The average Bonchev–Trinajstić information content (AvgIpc) is 2.62. The Bertz CT molecular complexity index is 1010. The lowest BCUT2D eigenvalue weighted by atomic mass is 10.2. The topological polar surface area (TPSA) is 92.3 Å². The van der Waals surface area contributed by atoms with Crippen LogP contribution in [-0.4, -0.2) is 32.3 Å². The molecule has 2 N–H and O–H groups in total. The molecule has 6 nitrogen and oxygen atoms in total. The molecule has 0 fully saturated rings. The molecule has 0 saturated heterocycles. The van der Waals surface area contributed by atoms with Gasteiger partial charge in [-0.2, -0.15) is 13.2 Å². The third-order valence-electron chi connectivity index (χ3n) is 3.58. The Morgan fingerprint density at radius 1 is 1.07 bits per heavy atom. The third-order valence-corrected chi connectivity index (χ3v) is 5.97. The van der Waals surface area contributed by atoms with Gasteiger partial charge in [-0.15, -0.1) is 0 Å². The van der Waals surface area contributed by atoms with Crippen LogP contribution in [0.15, 0.2) is 51.8 Å². The van der Waals surface area contributed by atoms with Gasteiger partial charge >= 0.3 is 5.51 Å². The molecular weight excluding hydrogens is 465 g/mol. The smallest absolute Gasteiger partial charge is 0.343 e. The maximum absolute atomic E-state index is 12.5. The van der Waals surface area contributed by atoms with Crippen LogP contribution < -0.4 is 10.6 Å². The van der Waals surface area contributed by atoms with Gasteiger partial charge in [0.05, 0.1) is 11.4 Å². The number of carbonyl (C=O) groups excluding carboxylic acids is 2. The van der Waals surface area contributed by atoms with Crippen LogP contribution in [0.1, 0.15) is 15.9 Å². The number of rotatable bonds is 5. The number of carbonyl (C=O) groups is 2. The van der Waals surface area contributed by atoms with Crippen molar-refractivity contribution < 1.29 is 31.2 Å². The fourth-order valence-corrected chi connectivity index (χ4v) is 3.12. The molecule has 2 rings (SSSR count). The standard InChI is InChI=1S/C17H14BrF3N2O4S/c1-10-8-12(4-7-14(10)18)23-15(24)9-22-16(25)11-2-5-13(6-3-11)28(26,27)17(19,20)21/h2-8H,9H2,1H3,(H,22,25)(H,23,24). The van der Waals surface area contributed by atoms with E-state index in [0.717, 1.165) is 22.2 Å². The first kappa shape index (κ1) is 21.9. The molecule has 2 aromatic rings. The molecule has 0 bridgehead atoms. The second-order valence-corrected chi connectivity index (χ2v) is 8.46. The predicted octanol–water partition coefficient (Wildman–Crippen LogP) is 3.42. The van der Waals surface area contributed by atoms with Gasteiger partial charge in [0.15, 0.2) is 0 Å². The van der Waals surface area contributed by atoms with Crippen LogP contribution >= 0.6 is 15.9 Å². The fraction of sp³-hybridized carbons (Fsp3) is 0.176. The maximum atomic E-state index is 12.5. The van der Waals surface area contributed by atoms with E-state index in [1.165, 1.54) is 0 Å². The molecule has 28 heavy (non-hydrogen) atoms. The number of hydrogen-bond donors (Lipinski definition) is 2. The van der Waals surface area contributed by atoms with E-state index in [-0.39, 0.29) is 12.1 Å². The Kier molecular flexibility index (Phi) is 6.50. The number of alkyl halides is 3. The minimum atomic E-state index is -5.49. The lowest BCUT2D eigenvalue weighted by Crippen LogP contribution is -2.32. The Labute approximate surface area is 167 Å². The van der Waals surface area contributed by atoms with Crippen molar-refractivity contribution in [3.05, 3.63) is 58.1 Å². The fourth-order valence-electron chi connectivity index (χ4n) is 2.11. The molecule has 0 aromatic heterocycles. The zero-order chi connectivity index (χ0) is 21.1. The Hall–Kier alpha value is -2.40.